The molecule has 3 rings (SSSR count). The van der Waals surface area contributed by atoms with Crippen molar-refractivity contribution in [1.29, 1.82) is 0 Å². The van der Waals surface area contributed by atoms with Crippen LogP contribution >= 0.6 is 23.2 Å². The van der Waals surface area contributed by atoms with Gasteiger partial charge in [-0.2, -0.15) is 0 Å². The molecule has 0 bridgehead atoms. The van der Waals surface area contributed by atoms with E-state index in [2.05, 4.69) is 29.2 Å². The Morgan fingerprint density at radius 1 is 0.826 bits per heavy atom. The third-order valence-corrected chi connectivity index (χ3v) is 4.91. The summed E-state index contributed by atoms with van der Waals surface area (Å²) < 4.78 is 5.76. The third-order valence-electron chi connectivity index (χ3n) is 4.17. The molecule has 1 heterocycles. The number of halogens is 2. The van der Waals surface area contributed by atoms with Gasteiger partial charge < -0.3 is 4.74 Å². The first kappa shape index (κ1) is 16.6. The monoisotopic (exact) mass is 349 g/mol. The summed E-state index contributed by atoms with van der Waals surface area (Å²) >= 11 is 11.9. The summed E-state index contributed by atoms with van der Waals surface area (Å²) in [5.74, 6) is 0.733. The smallest absolute Gasteiger partial charge is 0.121 e. The van der Waals surface area contributed by atoms with Crippen molar-refractivity contribution in [2.45, 2.75) is 32.4 Å². The van der Waals surface area contributed by atoms with Gasteiger partial charge in [0.15, 0.2) is 0 Å². The predicted octanol–water partition coefficient (Wildman–Crippen LogP) is 5.56. The second kappa shape index (κ2) is 8.05. The van der Waals surface area contributed by atoms with Gasteiger partial charge in [-0.3, -0.25) is 4.90 Å². The Bertz CT molecular complexity index is 636. The van der Waals surface area contributed by atoms with E-state index in [-0.39, 0.29) is 0 Å². The molecule has 1 saturated heterocycles. The van der Waals surface area contributed by atoms with Crippen LogP contribution in [-0.4, -0.2) is 18.0 Å². The minimum absolute atomic E-state index is 0.515. The van der Waals surface area contributed by atoms with Gasteiger partial charge in [0.1, 0.15) is 12.4 Å². The second-order valence-corrected chi connectivity index (χ2v) is 6.83. The third kappa shape index (κ3) is 4.87. The van der Waals surface area contributed by atoms with Gasteiger partial charge in [0.25, 0.3) is 0 Å². The molecule has 2 aromatic carbocycles. The van der Waals surface area contributed by atoms with Gasteiger partial charge in [-0.05, 0) is 49.2 Å². The van der Waals surface area contributed by atoms with Crippen molar-refractivity contribution in [2.75, 3.05) is 13.1 Å². The molecular formula is C19H21Cl2NO. The number of hydrogen-bond donors (Lipinski definition) is 0. The highest BCUT2D eigenvalue weighted by Crippen LogP contribution is 2.26. The summed E-state index contributed by atoms with van der Waals surface area (Å²) in [4.78, 5) is 2.53. The van der Waals surface area contributed by atoms with Gasteiger partial charge in [-0.25, -0.2) is 0 Å². The van der Waals surface area contributed by atoms with E-state index in [1.165, 1.54) is 37.9 Å². The number of rotatable bonds is 5. The molecule has 4 heteroatoms. The number of piperidine rings is 1. The number of likely N-dealkylation sites (tertiary alicyclic amines) is 1. The molecule has 2 aromatic rings. The standard InChI is InChI=1S/C19H21Cl2NO/c20-18-9-8-17(12-19(18)21)23-14-16-6-4-15(5-7-16)13-22-10-2-1-3-11-22/h4-9,12H,1-3,10-11,13-14H2. The average Bonchev–Trinajstić information content (AvgIpc) is 2.58. The predicted molar refractivity (Wildman–Crippen MR) is 96.4 cm³/mol. The molecule has 0 saturated carbocycles. The van der Waals surface area contributed by atoms with Gasteiger partial charge in [0, 0.05) is 12.6 Å². The molecule has 1 aliphatic heterocycles. The summed E-state index contributed by atoms with van der Waals surface area (Å²) in [7, 11) is 0. The van der Waals surface area contributed by atoms with E-state index in [1.54, 1.807) is 12.1 Å². The second-order valence-electron chi connectivity index (χ2n) is 6.02. The van der Waals surface area contributed by atoms with E-state index in [4.69, 9.17) is 27.9 Å². The van der Waals surface area contributed by atoms with Gasteiger partial charge in [0.05, 0.1) is 10.0 Å². The lowest BCUT2D eigenvalue weighted by atomic mass is 10.1. The van der Waals surface area contributed by atoms with Crippen LogP contribution in [0.5, 0.6) is 5.75 Å². The van der Waals surface area contributed by atoms with E-state index in [0.717, 1.165) is 17.9 Å². The zero-order valence-electron chi connectivity index (χ0n) is 13.1. The van der Waals surface area contributed by atoms with Crippen molar-refractivity contribution in [3.05, 3.63) is 63.6 Å². The molecule has 122 valence electrons. The topological polar surface area (TPSA) is 12.5 Å². The number of benzene rings is 2. The SMILES string of the molecule is Clc1ccc(OCc2ccc(CN3CCCCC3)cc2)cc1Cl. The molecule has 23 heavy (non-hydrogen) atoms. The van der Waals surface area contributed by atoms with Gasteiger partial charge in [-0.15, -0.1) is 0 Å². The van der Waals surface area contributed by atoms with Crippen molar-refractivity contribution in [3.63, 3.8) is 0 Å². The van der Waals surface area contributed by atoms with E-state index < -0.39 is 0 Å². The molecule has 0 amide bonds. The van der Waals surface area contributed by atoms with Crippen LogP contribution in [0.2, 0.25) is 10.0 Å². The zero-order valence-corrected chi connectivity index (χ0v) is 14.6. The largest absolute Gasteiger partial charge is 0.489 e. The van der Waals surface area contributed by atoms with Crippen molar-refractivity contribution < 1.29 is 4.74 Å². The molecule has 0 aliphatic carbocycles. The highest BCUT2D eigenvalue weighted by atomic mass is 35.5. The van der Waals surface area contributed by atoms with Crippen LogP contribution in [0, 0.1) is 0 Å². The Labute approximate surface area is 148 Å². The van der Waals surface area contributed by atoms with Gasteiger partial charge >= 0.3 is 0 Å². The summed E-state index contributed by atoms with van der Waals surface area (Å²) in [6.45, 7) is 4.03. The van der Waals surface area contributed by atoms with Crippen molar-refractivity contribution in [3.8, 4) is 5.75 Å². The van der Waals surface area contributed by atoms with E-state index in [9.17, 15) is 0 Å². The number of ether oxygens (including phenoxy) is 1. The van der Waals surface area contributed by atoms with Gasteiger partial charge in [-0.1, -0.05) is 53.9 Å². The molecular weight excluding hydrogens is 329 g/mol. The van der Waals surface area contributed by atoms with Crippen LogP contribution in [0.3, 0.4) is 0 Å². The van der Waals surface area contributed by atoms with Crippen LogP contribution in [0.15, 0.2) is 42.5 Å². The maximum atomic E-state index is 5.99. The van der Waals surface area contributed by atoms with Crippen molar-refractivity contribution in [1.82, 2.24) is 4.90 Å². The molecule has 0 radical (unpaired) electrons. The van der Waals surface area contributed by atoms with Crippen LogP contribution < -0.4 is 4.74 Å². The highest BCUT2D eigenvalue weighted by Gasteiger charge is 2.10. The molecule has 0 N–H and O–H groups in total. The Hall–Kier alpha value is -1.22. The Kier molecular flexibility index (Phi) is 5.82. The van der Waals surface area contributed by atoms with Gasteiger partial charge in [0.2, 0.25) is 0 Å². The van der Waals surface area contributed by atoms with E-state index in [0.29, 0.717) is 16.7 Å². The summed E-state index contributed by atoms with van der Waals surface area (Å²) in [6.07, 6.45) is 4.03. The van der Waals surface area contributed by atoms with Crippen LogP contribution in [0.1, 0.15) is 30.4 Å². The number of nitrogens with zero attached hydrogens (tertiary/aromatic N) is 1. The maximum absolute atomic E-state index is 5.99. The number of hydrogen-bond acceptors (Lipinski definition) is 2. The molecule has 1 aliphatic rings. The average molecular weight is 350 g/mol. The minimum Gasteiger partial charge on any atom is -0.489 e. The van der Waals surface area contributed by atoms with Crippen molar-refractivity contribution >= 4 is 23.2 Å². The van der Waals surface area contributed by atoms with Crippen molar-refractivity contribution in [2.24, 2.45) is 0 Å². The summed E-state index contributed by atoms with van der Waals surface area (Å²) in [5.41, 5.74) is 2.52. The molecule has 0 atom stereocenters. The zero-order chi connectivity index (χ0) is 16.1. The fourth-order valence-electron chi connectivity index (χ4n) is 2.85. The normalized spacial score (nSPS) is 15.6. The molecule has 0 spiro atoms. The molecule has 1 fully saturated rings. The molecule has 0 aromatic heterocycles. The van der Waals surface area contributed by atoms with Crippen LogP contribution in [0.4, 0.5) is 0 Å². The first-order valence-electron chi connectivity index (χ1n) is 8.09. The minimum atomic E-state index is 0.515. The first-order chi connectivity index (χ1) is 11.2. The Morgan fingerprint density at radius 3 is 2.22 bits per heavy atom. The Balaban J connectivity index is 1.53. The lowest BCUT2D eigenvalue weighted by Gasteiger charge is -2.26. The molecule has 2 nitrogen and oxygen atoms in total. The first-order valence-corrected chi connectivity index (χ1v) is 8.84. The lowest BCUT2D eigenvalue weighted by Crippen LogP contribution is -2.29. The van der Waals surface area contributed by atoms with Crippen LogP contribution in [0.25, 0.3) is 0 Å². The van der Waals surface area contributed by atoms with Crippen LogP contribution in [-0.2, 0) is 13.2 Å². The van der Waals surface area contributed by atoms with E-state index in [1.807, 2.05) is 6.07 Å². The van der Waals surface area contributed by atoms with E-state index >= 15 is 0 Å². The lowest BCUT2D eigenvalue weighted by molar-refractivity contribution is 0.221. The Morgan fingerprint density at radius 2 is 1.52 bits per heavy atom. The maximum Gasteiger partial charge on any atom is 0.121 e. The summed E-state index contributed by atoms with van der Waals surface area (Å²) in [5, 5.41) is 1.06. The molecule has 0 unspecified atom stereocenters. The fourth-order valence-corrected chi connectivity index (χ4v) is 3.14. The quantitative estimate of drug-likeness (QED) is 0.700. The highest BCUT2D eigenvalue weighted by molar-refractivity contribution is 6.42. The fraction of sp³-hybridized carbons (Fsp3) is 0.368. The summed E-state index contributed by atoms with van der Waals surface area (Å²) in [6, 6.07) is 14.0.